The van der Waals surface area contributed by atoms with E-state index in [1.165, 1.54) is 7.11 Å². The van der Waals surface area contributed by atoms with E-state index in [9.17, 15) is 9.59 Å². The molecule has 1 aliphatic rings. The van der Waals surface area contributed by atoms with E-state index in [1.54, 1.807) is 25.3 Å². The molecule has 6 nitrogen and oxygen atoms in total. The number of anilines is 2. The Bertz CT molecular complexity index is 1170. The first-order valence-electron chi connectivity index (χ1n) is 9.77. The van der Waals surface area contributed by atoms with E-state index in [0.29, 0.717) is 34.0 Å². The fourth-order valence-electron chi connectivity index (χ4n) is 3.49. The predicted octanol–water partition coefficient (Wildman–Crippen LogP) is 4.41. The van der Waals surface area contributed by atoms with Crippen LogP contribution in [0.25, 0.3) is 5.57 Å². The Morgan fingerprint density at radius 1 is 0.806 bits per heavy atom. The van der Waals surface area contributed by atoms with Crippen LogP contribution in [0, 0.1) is 6.92 Å². The molecule has 6 heteroatoms. The minimum absolute atomic E-state index is 0.220. The Morgan fingerprint density at radius 2 is 1.52 bits per heavy atom. The first-order valence-corrected chi connectivity index (χ1v) is 9.77. The molecule has 0 bridgehead atoms. The molecule has 0 radical (unpaired) electrons. The van der Waals surface area contributed by atoms with Crippen molar-refractivity contribution in [3.05, 3.63) is 89.6 Å². The van der Waals surface area contributed by atoms with Gasteiger partial charge in [0.15, 0.2) is 0 Å². The van der Waals surface area contributed by atoms with Crippen molar-refractivity contribution < 1.29 is 19.1 Å². The lowest BCUT2D eigenvalue weighted by atomic mass is 10.0. The van der Waals surface area contributed by atoms with Crippen LogP contribution in [0.3, 0.4) is 0 Å². The zero-order chi connectivity index (χ0) is 22.0. The number of nitrogens with one attached hydrogen (secondary N) is 1. The topological polar surface area (TPSA) is 67.9 Å². The molecule has 2 amide bonds. The SMILES string of the molecule is COc1ccc(N2C(=O)C(Nc3ccccc3)=C(c3ccc(C)cc3)C2=O)c(OC)c1. The number of amides is 2. The van der Waals surface area contributed by atoms with E-state index in [1.807, 2.05) is 61.5 Å². The third-order valence-electron chi connectivity index (χ3n) is 5.10. The molecule has 4 rings (SSSR count). The number of hydrogen-bond donors (Lipinski definition) is 1. The highest BCUT2D eigenvalue weighted by atomic mass is 16.5. The van der Waals surface area contributed by atoms with E-state index in [4.69, 9.17) is 9.47 Å². The lowest BCUT2D eigenvalue weighted by molar-refractivity contribution is -0.120. The number of hydrogen-bond acceptors (Lipinski definition) is 5. The lowest BCUT2D eigenvalue weighted by Crippen LogP contribution is -2.32. The third-order valence-corrected chi connectivity index (χ3v) is 5.10. The number of carbonyl (C=O) groups excluding carboxylic acids is 2. The van der Waals surface area contributed by atoms with Crippen molar-refractivity contribution in [3.8, 4) is 11.5 Å². The van der Waals surface area contributed by atoms with Crippen molar-refractivity contribution in [2.75, 3.05) is 24.4 Å². The number of imide groups is 1. The largest absolute Gasteiger partial charge is 0.497 e. The van der Waals surface area contributed by atoms with Crippen LogP contribution in [0.4, 0.5) is 11.4 Å². The quantitative estimate of drug-likeness (QED) is 0.605. The van der Waals surface area contributed by atoms with Crippen LogP contribution in [0.1, 0.15) is 11.1 Å². The molecule has 0 saturated carbocycles. The molecule has 0 unspecified atom stereocenters. The summed E-state index contributed by atoms with van der Waals surface area (Å²) in [5.41, 5.74) is 3.33. The summed E-state index contributed by atoms with van der Waals surface area (Å²) in [4.78, 5) is 28.2. The normalized spacial score (nSPS) is 13.6. The molecule has 3 aromatic rings. The van der Waals surface area contributed by atoms with Crippen molar-refractivity contribution in [2.45, 2.75) is 6.92 Å². The van der Waals surface area contributed by atoms with E-state index >= 15 is 0 Å². The smallest absolute Gasteiger partial charge is 0.282 e. The Kier molecular flexibility index (Phi) is 5.45. The third kappa shape index (κ3) is 3.75. The maximum Gasteiger partial charge on any atom is 0.282 e. The van der Waals surface area contributed by atoms with Gasteiger partial charge >= 0.3 is 0 Å². The van der Waals surface area contributed by atoms with Crippen LogP contribution < -0.4 is 19.7 Å². The van der Waals surface area contributed by atoms with Crippen LogP contribution in [-0.2, 0) is 9.59 Å². The van der Waals surface area contributed by atoms with Gasteiger partial charge in [-0.15, -0.1) is 0 Å². The van der Waals surface area contributed by atoms with E-state index < -0.39 is 11.8 Å². The molecule has 0 aromatic heterocycles. The predicted molar refractivity (Wildman–Crippen MR) is 120 cm³/mol. The summed E-state index contributed by atoms with van der Waals surface area (Å²) in [5.74, 6) is 0.0583. The van der Waals surface area contributed by atoms with Gasteiger partial charge in [0.2, 0.25) is 0 Å². The summed E-state index contributed by atoms with van der Waals surface area (Å²) in [5, 5.41) is 3.15. The highest BCUT2D eigenvalue weighted by Gasteiger charge is 2.41. The highest BCUT2D eigenvalue weighted by Crippen LogP contribution is 2.39. The molecule has 156 valence electrons. The van der Waals surface area contributed by atoms with Crippen LogP contribution in [0.5, 0.6) is 11.5 Å². The summed E-state index contributed by atoms with van der Waals surface area (Å²) in [6, 6.07) is 21.8. The van der Waals surface area contributed by atoms with Gasteiger partial charge in [0.1, 0.15) is 17.2 Å². The van der Waals surface area contributed by atoms with Gasteiger partial charge in [-0.05, 0) is 36.8 Å². The van der Waals surface area contributed by atoms with Gasteiger partial charge in [-0.3, -0.25) is 9.59 Å². The fraction of sp³-hybridized carbons (Fsp3) is 0.120. The maximum absolute atomic E-state index is 13.5. The molecule has 3 aromatic carbocycles. The summed E-state index contributed by atoms with van der Waals surface area (Å²) in [6.07, 6.45) is 0. The monoisotopic (exact) mass is 414 g/mol. The Morgan fingerprint density at radius 3 is 2.16 bits per heavy atom. The Balaban J connectivity index is 1.83. The number of carbonyl (C=O) groups is 2. The first kappa shape index (κ1) is 20.2. The number of methoxy groups -OCH3 is 2. The van der Waals surface area contributed by atoms with Crippen LogP contribution in [0.15, 0.2) is 78.5 Å². The first-order chi connectivity index (χ1) is 15.0. The van der Waals surface area contributed by atoms with Gasteiger partial charge in [-0.25, -0.2) is 4.90 Å². The molecular formula is C25H22N2O4. The number of para-hydroxylation sites is 1. The summed E-state index contributed by atoms with van der Waals surface area (Å²) in [7, 11) is 3.03. The average Bonchev–Trinajstić information content (AvgIpc) is 3.04. The zero-order valence-corrected chi connectivity index (χ0v) is 17.5. The molecule has 0 fully saturated rings. The average molecular weight is 414 g/mol. The summed E-state index contributed by atoms with van der Waals surface area (Å²) < 4.78 is 10.7. The maximum atomic E-state index is 13.5. The number of aryl methyl sites for hydroxylation is 1. The van der Waals surface area contributed by atoms with Gasteiger partial charge in [0, 0.05) is 11.8 Å². The van der Waals surface area contributed by atoms with Crippen LogP contribution >= 0.6 is 0 Å². The standard InChI is InChI=1S/C25H22N2O4/c1-16-9-11-17(12-10-16)22-23(26-18-7-5-4-6-8-18)25(29)27(24(22)28)20-14-13-19(30-2)15-21(20)31-3/h4-15,26H,1-3H3. The number of nitrogens with zero attached hydrogens (tertiary/aromatic N) is 1. The fourth-order valence-corrected chi connectivity index (χ4v) is 3.49. The summed E-state index contributed by atoms with van der Waals surface area (Å²) in [6.45, 7) is 1.97. The molecule has 0 spiro atoms. The van der Waals surface area contributed by atoms with Gasteiger partial charge < -0.3 is 14.8 Å². The number of rotatable bonds is 6. The Labute approximate surface area is 180 Å². The Hall–Kier alpha value is -4.06. The molecule has 0 aliphatic carbocycles. The molecule has 1 heterocycles. The molecule has 0 atom stereocenters. The van der Waals surface area contributed by atoms with Crippen LogP contribution in [-0.4, -0.2) is 26.0 Å². The summed E-state index contributed by atoms with van der Waals surface area (Å²) >= 11 is 0. The second kappa shape index (κ2) is 8.36. The van der Waals surface area contributed by atoms with E-state index in [0.717, 1.165) is 10.5 Å². The second-order valence-electron chi connectivity index (χ2n) is 7.09. The van der Waals surface area contributed by atoms with Crippen molar-refractivity contribution in [3.63, 3.8) is 0 Å². The van der Waals surface area contributed by atoms with Crippen molar-refractivity contribution >= 4 is 28.8 Å². The van der Waals surface area contributed by atoms with Gasteiger partial charge in [0.25, 0.3) is 11.8 Å². The number of ether oxygens (including phenoxy) is 2. The lowest BCUT2D eigenvalue weighted by Gasteiger charge is -2.19. The van der Waals surface area contributed by atoms with E-state index in [2.05, 4.69) is 5.32 Å². The molecule has 31 heavy (non-hydrogen) atoms. The van der Waals surface area contributed by atoms with Gasteiger partial charge in [-0.2, -0.15) is 0 Å². The van der Waals surface area contributed by atoms with Crippen LogP contribution in [0.2, 0.25) is 0 Å². The van der Waals surface area contributed by atoms with E-state index in [-0.39, 0.29) is 5.70 Å². The molecule has 1 N–H and O–H groups in total. The van der Waals surface area contributed by atoms with Gasteiger partial charge in [0.05, 0.1) is 25.5 Å². The molecule has 0 saturated heterocycles. The number of benzene rings is 3. The van der Waals surface area contributed by atoms with Crippen molar-refractivity contribution in [1.82, 2.24) is 0 Å². The molecular weight excluding hydrogens is 392 g/mol. The molecule has 1 aliphatic heterocycles. The van der Waals surface area contributed by atoms with Crippen molar-refractivity contribution in [1.29, 1.82) is 0 Å². The van der Waals surface area contributed by atoms with Crippen molar-refractivity contribution in [2.24, 2.45) is 0 Å². The zero-order valence-electron chi connectivity index (χ0n) is 17.5. The highest BCUT2D eigenvalue weighted by molar-refractivity contribution is 6.46. The van der Waals surface area contributed by atoms with Gasteiger partial charge in [-0.1, -0.05) is 48.0 Å². The second-order valence-corrected chi connectivity index (χ2v) is 7.09. The minimum Gasteiger partial charge on any atom is -0.497 e. The minimum atomic E-state index is -0.451.